The molecule has 180 valence electrons. The lowest BCUT2D eigenvalue weighted by molar-refractivity contribution is -0.404. The largest absolute Gasteiger partial charge is 0.489 e. The molecule has 0 fully saturated rings. The zero-order valence-electron chi connectivity index (χ0n) is 19.1. The lowest BCUT2D eigenvalue weighted by atomic mass is 10.1. The third-order valence-electron chi connectivity index (χ3n) is 4.81. The molecule has 0 bridgehead atoms. The first-order valence-electron chi connectivity index (χ1n) is 10.9. The Kier molecular flexibility index (Phi) is 10.3. The van der Waals surface area contributed by atoms with Crippen LogP contribution in [0.15, 0.2) is 52.8 Å². The maximum Gasteiger partial charge on any atom is 0.274 e. The number of para-hydroxylation sites is 1. The first-order chi connectivity index (χ1) is 16.0. The molecule has 10 heteroatoms. The van der Waals surface area contributed by atoms with E-state index >= 15 is 0 Å². The number of nitrogens with zero attached hydrogens (tertiary/aromatic N) is 2. The van der Waals surface area contributed by atoms with Crippen molar-refractivity contribution in [2.24, 2.45) is 0 Å². The summed E-state index contributed by atoms with van der Waals surface area (Å²) in [5.74, 6) is 6.67. The Morgan fingerprint density at radius 1 is 1.15 bits per heavy atom. The van der Waals surface area contributed by atoms with E-state index in [1.54, 1.807) is 23.5 Å². The Bertz CT molecular complexity index is 894. The number of hydrogen-bond donors (Lipinski definition) is 2. The van der Waals surface area contributed by atoms with Crippen molar-refractivity contribution < 1.29 is 14.1 Å². The molecule has 33 heavy (non-hydrogen) atoms. The maximum atomic E-state index is 10.9. The van der Waals surface area contributed by atoms with Gasteiger partial charge in [-0.3, -0.25) is 10.1 Å². The summed E-state index contributed by atoms with van der Waals surface area (Å²) in [6, 6.07) is 12.2. The molecule has 0 aliphatic carbocycles. The van der Waals surface area contributed by atoms with Gasteiger partial charge < -0.3 is 24.7 Å². The first kappa shape index (κ1) is 25.3. The van der Waals surface area contributed by atoms with Crippen molar-refractivity contribution in [3.63, 3.8) is 0 Å². The van der Waals surface area contributed by atoms with Crippen molar-refractivity contribution in [1.29, 1.82) is 0 Å². The Morgan fingerprint density at radius 2 is 1.88 bits per heavy atom. The van der Waals surface area contributed by atoms with Crippen LogP contribution in [0.5, 0.6) is 5.75 Å². The number of furan rings is 1. The van der Waals surface area contributed by atoms with Gasteiger partial charge in [0.1, 0.15) is 23.4 Å². The molecule has 0 radical (unpaired) electrons. The van der Waals surface area contributed by atoms with Gasteiger partial charge in [0.25, 0.3) is 6.20 Å². The van der Waals surface area contributed by atoms with Gasteiger partial charge in [-0.1, -0.05) is 18.2 Å². The van der Waals surface area contributed by atoms with E-state index < -0.39 is 4.92 Å². The van der Waals surface area contributed by atoms with Gasteiger partial charge in [-0.05, 0) is 37.9 Å². The van der Waals surface area contributed by atoms with E-state index in [1.807, 2.05) is 44.4 Å². The topological polar surface area (TPSA) is 92.8 Å². The normalized spacial score (nSPS) is 15.4. The molecule has 1 aromatic heterocycles. The van der Waals surface area contributed by atoms with E-state index in [0.717, 1.165) is 59.4 Å². The van der Waals surface area contributed by atoms with Crippen LogP contribution in [-0.4, -0.2) is 60.4 Å². The Morgan fingerprint density at radius 3 is 2.61 bits per heavy atom. The maximum absolute atomic E-state index is 10.9. The summed E-state index contributed by atoms with van der Waals surface area (Å²) in [5.41, 5.74) is 1.26. The van der Waals surface area contributed by atoms with Gasteiger partial charge in [-0.2, -0.15) is 23.5 Å². The number of nitrogens with one attached hydrogen (secondary N) is 2. The zero-order valence-corrected chi connectivity index (χ0v) is 20.8. The highest BCUT2D eigenvalue weighted by atomic mass is 32.2. The van der Waals surface area contributed by atoms with Crippen LogP contribution < -0.4 is 15.4 Å². The minimum Gasteiger partial charge on any atom is -0.489 e. The Balaban J connectivity index is 1.27. The highest BCUT2D eigenvalue weighted by molar-refractivity contribution is 7.99. The smallest absolute Gasteiger partial charge is 0.274 e. The summed E-state index contributed by atoms with van der Waals surface area (Å²) in [5, 5.41) is 17.2. The summed E-state index contributed by atoms with van der Waals surface area (Å²) in [6.07, 6.45) is 2.13. The Labute approximate surface area is 203 Å². The molecule has 1 atom stereocenters. The molecule has 2 aromatic rings. The van der Waals surface area contributed by atoms with E-state index in [2.05, 4.69) is 21.6 Å². The van der Waals surface area contributed by atoms with E-state index in [4.69, 9.17) is 9.15 Å². The average Bonchev–Trinajstić information content (AvgIpc) is 3.38. The lowest BCUT2D eigenvalue weighted by Crippen LogP contribution is -2.30. The molecule has 0 saturated heterocycles. The molecule has 0 saturated carbocycles. The monoisotopic (exact) mass is 492 g/mol. The molecular weight excluding hydrogens is 460 g/mol. The average molecular weight is 493 g/mol. The van der Waals surface area contributed by atoms with Gasteiger partial charge in [-0.25, -0.2) is 0 Å². The summed E-state index contributed by atoms with van der Waals surface area (Å²) in [4.78, 5) is 12.6. The number of rotatable bonds is 15. The number of benzene rings is 1. The fourth-order valence-corrected chi connectivity index (χ4v) is 5.01. The summed E-state index contributed by atoms with van der Waals surface area (Å²) >= 11 is 3.51. The molecule has 8 nitrogen and oxygen atoms in total. The molecule has 1 aliphatic heterocycles. The van der Waals surface area contributed by atoms with Crippen molar-refractivity contribution in [3.8, 4) is 5.75 Å². The minimum atomic E-state index is -0.436. The highest BCUT2D eigenvalue weighted by Crippen LogP contribution is 2.29. The summed E-state index contributed by atoms with van der Waals surface area (Å²) < 4.78 is 11.7. The predicted molar refractivity (Wildman–Crippen MR) is 135 cm³/mol. The van der Waals surface area contributed by atoms with Crippen LogP contribution >= 0.6 is 23.5 Å². The molecule has 1 aromatic carbocycles. The quantitative estimate of drug-likeness (QED) is 0.220. The first-order valence-corrected chi connectivity index (χ1v) is 13.3. The van der Waals surface area contributed by atoms with E-state index in [-0.39, 0.29) is 6.10 Å². The van der Waals surface area contributed by atoms with Crippen molar-refractivity contribution in [2.75, 3.05) is 44.4 Å². The lowest BCUT2D eigenvalue weighted by Gasteiger charge is -2.13. The molecule has 0 spiro atoms. The summed E-state index contributed by atoms with van der Waals surface area (Å²) in [7, 11) is 4.02. The third-order valence-corrected chi connectivity index (χ3v) is 6.89. The minimum absolute atomic E-state index is 0.199. The van der Waals surface area contributed by atoms with Crippen LogP contribution in [0.1, 0.15) is 17.1 Å². The molecule has 3 rings (SSSR count). The molecule has 2 N–H and O–H groups in total. The number of hydrogen-bond acceptors (Lipinski definition) is 9. The van der Waals surface area contributed by atoms with Gasteiger partial charge in [-0.15, -0.1) is 0 Å². The fraction of sp³-hybridized carbons (Fsp3) is 0.478. The van der Waals surface area contributed by atoms with Crippen LogP contribution in [0.25, 0.3) is 0 Å². The van der Waals surface area contributed by atoms with E-state index in [9.17, 15) is 10.1 Å². The summed E-state index contributed by atoms with van der Waals surface area (Å²) in [6.45, 7) is 2.06. The van der Waals surface area contributed by atoms with E-state index in [1.165, 1.54) is 5.56 Å². The molecule has 2 heterocycles. The van der Waals surface area contributed by atoms with Crippen molar-refractivity contribution in [1.82, 2.24) is 15.5 Å². The standard InChI is InChI=1S/C23H32N4O4S2/c1-26(2)14-19-7-8-20(30-19)16-32-11-9-24-23(15-27(28)29)25-10-12-33-17-21-13-18-5-3-4-6-22(18)31-21/h3-8,15,21,24-25H,9-14,16-17H2,1-2H3. The zero-order chi connectivity index (χ0) is 23.5. The number of nitro groups is 1. The van der Waals surface area contributed by atoms with Gasteiger partial charge in [0.2, 0.25) is 0 Å². The van der Waals surface area contributed by atoms with Gasteiger partial charge in [0, 0.05) is 36.8 Å². The fourth-order valence-electron chi connectivity index (χ4n) is 3.41. The van der Waals surface area contributed by atoms with Gasteiger partial charge in [0.05, 0.1) is 17.2 Å². The highest BCUT2D eigenvalue weighted by Gasteiger charge is 2.21. The van der Waals surface area contributed by atoms with Gasteiger partial charge in [0.15, 0.2) is 5.82 Å². The number of ether oxygens (including phenoxy) is 1. The third kappa shape index (κ3) is 9.23. The molecule has 1 unspecified atom stereocenters. The van der Waals surface area contributed by atoms with Crippen LogP contribution in [0, 0.1) is 10.1 Å². The molecular formula is C23H32N4O4S2. The number of thioether (sulfide) groups is 2. The second-order valence-electron chi connectivity index (χ2n) is 7.97. The van der Waals surface area contributed by atoms with Gasteiger partial charge >= 0.3 is 0 Å². The molecule has 1 aliphatic rings. The second kappa shape index (κ2) is 13.4. The SMILES string of the molecule is CN(C)Cc1ccc(CSCCNC(=C[N+](=O)[O-])NCCSCC2Cc3ccccc3O2)o1. The second-order valence-corrected chi connectivity index (χ2v) is 10.2. The molecule has 0 amide bonds. The van der Waals surface area contributed by atoms with Crippen LogP contribution in [0.4, 0.5) is 0 Å². The van der Waals surface area contributed by atoms with Crippen molar-refractivity contribution in [2.45, 2.75) is 24.8 Å². The van der Waals surface area contributed by atoms with E-state index in [0.29, 0.717) is 18.9 Å². The van der Waals surface area contributed by atoms with Crippen LogP contribution in [0.3, 0.4) is 0 Å². The van der Waals surface area contributed by atoms with Crippen molar-refractivity contribution >= 4 is 23.5 Å². The van der Waals surface area contributed by atoms with Crippen LogP contribution in [-0.2, 0) is 18.7 Å². The van der Waals surface area contributed by atoms with Crippen molar-refractivity contribution in [3.05, 3.63) is 75.6 Å². The number of fused-ring (bicyclic) bond motifs is 1. The predicted octanol–water partition coefficient (Wildman–Crippen LogP) is 3.57. The Hall–Kier alpha value is -2.30. The van der Waals surface area contributed by atoms with Crippen LogP contribution in [0.2, 0.25) is 0 Å².